The van der Waals surface area contributed by atoms with Gasteiger partial charge in [0.25, 0.3) is 0 Å². The summed E-state index contributed by atoms with van der Waals surface area (Å²) >= 11 is 0. The number of benzene rings is 2. The van der Waals surface area contributed by atoms with Crippen LogP contribution in [0.5, 0.6) is 17.2 Å². The molecular formula is C26H32N2O6. The Morgan fingerprint density at radius 1 is 1.03 bits per heavy atom. The molecule has 2 aromatic carbocycles. The number of ether oxygens (including phenoxy) is 3. The van der Waals surface area contributed by atoms with Crippen LogP contribution in [-0.2, 0) is 4.79 Å². The number of hydrogen-bond donors (Lipinski definition) is 2. The highest BCUT2D eigenvalue weighted by atomic mass is 16.6. The monoisotopic (exact) mass is 468 g/mol. The maximum absolute atomic E-state index is 12.8. The number of nitrogens with one attached hydrogen (secondary N) is 1. The maximum Gasteiger partial charge on any atom is 0.220 e. The van der Waals surface area contributed by atoms with Crippen molar-refractivity contribution in [2.45, 2.75) is 37.8 Å². The molecule has 8 nitrogen and oxygen atoms in total. The summed E-state index contributed by atoms with van der Waals surface area (Å²) in [6.07, 6.45) is 1.44. The van der Waals surface area contributed by atoms with Crippen molar-refractivity contribution in [3.05, 3.63) is 53.6 Å². The van der Waals surface area contributed by atoms with E-state index in [0.717, 1.165) is 25.9 Å². The number of methoxy groups -OCH3 is 1. The van der Waals surface area contributed by atoms with Crippen LogP contribution in [0.4, 0.5) is 0 Å². The van der Waals surface area contributed by atoms with Gasteiger partial charge in [-0.05, 0) is 67.9 Å². The lowest BCUT2D eigenvalue weighted by molar-refractivity contribution is -0.122. The van der Waals surface area contributed by atoms with Crippen molar-refractivity contribution in [1.29, 1.82) is 0 Å². The van der Waals surface area contributed by atoms with Gasteiger partial charge >= 0.3 is 0 Å². The molecule has 2 aromatic rings. The Bertz CT molecular complexity index is 987. The lowest BCUT2D eigenvalue weighted by atomic mass is 10.00. The average Bonchev–Trinajstić information content (AvgIpc) is 3.39. The summed E-state index contributed by atoms with van der Waals surface area (Å²) < 4.78 is 16.3. The number of likely N-dealkylation sites (tertiary alicyclic amines) is 1. The average molecular weight is 469 g/mol. The van der Waals surface area contributed by atoms with Crippen LogP contribution in [0.25, 0.3) is 0 Å². The molecule has 2 aliphatic heterocycles. The highest BCUT2D eigenvalue weighted by Gasteiger charge is 2.28. The van der Waals surface area contributed by atoms with Crippen LogP contribution in [-0.4, -0.2) is 67.7 Å². The number of aliphatic hydroxyl groups excluding tert-OH is 1. The van der Waals surface area contributed by atoms with Crippen molar-refractivity contribution in [2.24, 2.45) is 0 Å². The molecule has 2 N–H and O–H groups in total. The van der Waals surface area contributed by atoms with E-state index in [1.165, 1.54) is 0 Å². The molecule has 4 rings (SSSR count). The second-order valence-corrected chi connectivity index (χ2v) is 8.68. The Hall–Kier alpha value is -3.10. The molecule has 0 unspecified atom stereocenters. The summed E-state index contributed by atoms with van der Waals surface area (Å²) in [6, 6.07) is 11.7. The van der Waals surface area contributed by atoms with Gasteiger partial charge in [-0.1, -0.05) is 6.07 Å². The van der Waals surface area contributed by atoms with Gasteiger partial charge in [0.1, 0.15) is 25.1 Å². The summed E-state index contributed by atoms with van der Waals surface area (Å²) in [4.78, 5) is 27.5. The summed E-state index contributed by atoms with van der Waals surface area (Å²) in [5.74, 6) is 1.55. The standard InChI is InChI=1S/C26H32N2O6/c1-32-20-7-4-18(5-8-20)22(29)9-11-25(30)27-21(17-28-12-2-3-13-28)26(31)19-6-10-23-24(16-19)34-15-14-33-23/h4-8,10,16,21,26,31H,2-3,9,11-15,17H2,1H3,(H,27,30)/t21-,26-/m1/s1. The third-order valence-corrected chi connectivity index (χ3v) is 6.28. The minimum absolute atomic E-state index is 0.0508. The predicted molar refractivity (Wildman–Crippen MR) is 127 cm³/mol. The van der Waals surface area contributed by atoms with Crippen LogP contribution in [0.2, 0.25) is 0 Å². The third-order valence-electron chi connectivity index (χ3n) is 6.28. The van der Waals surface area contributed by atoms with Crippen LogP contribution >= 0.6 is 0 Å². The summed E-state index contributed by atoms with van der Waals surface area (Å²) in [5, 5.41) is 14.2. The largest absolute Gasteiger partial charge is 0.497 e. The van der Waals surface area contributed by atoms with E-state index in [-0.39, 0.29) is 24.5 Å². The van der Waals surface area contributed by atoms with E-state index in [1.54, 1.807) is 49.6 Å². The number of hydrogen-bond acceptors (Lipinski definition) is 7. The highest BCUT2D eigenvalue weighted by Crippen LogP contribution is 2.33. The molecule has 1 saturated heterocycles. The number of amides is 1. The van der Waals surface area contributed by atoms with E-state index < -0.39 is 12.1 Å². The molecule has 0 aliphatic carbocycles. The molecule has 34 heavy (non-hydrogen) atoms. The molecule has 1 amide bonds. The number of rotatable bonds is 10. The SMILES string of the molecule is COc1ccc(C(=O)CCC(=O)N[C@H](CN2CCCC2)[C@H](O)c2ccc3c(c2)OCCO3)cc1. The Morgan fingerprint density at radius 3 is 2.44 bits per heavy atom. The van der Waals surface area contributed by atoms with Crippen LogP contribution in [0.3, 0.4) is 0 Å². The van der Waals surface area contributed by atoms with Gasteiger partial charge in [0, 0.05) is 24.9 Å². The first-order valence-electron chi connectivity index (χ1n) is 11.8. The van der Waals surface area contributed by atoms with Crippen molar-refractivity contribution < 1.29 is 28.9 Å². The fraction of sp³-hybridized carbons (Fsp3) is 0.462. The normalized spacial score (nSPS) is 17.1. The Balaban J connectivity index is 1.39. The lowest BCUT2D eigenvalue weighted by Gasteiger charge is -2.29. The molecule has 2 atom stereocenters. The molecule has 1 fully saturated rings. The van der Waals surface area contributed by atoms with Gasteiger partial charge in [0.2, 0.25) is 5.91 Å². The summed E-state index contributed by atoms with van der Waals surface area (Å²) in [7, 11) is 1.57. The van der Waals surface area contributed by atoms with Crippen molar-refractivity contribution in [2.75, 3.05) is 40.0 Å². The third kappa shape index (κ3) is 6.07. The number of fused-ring (bicyclic) bond motifs is 1. The van der Waals surface area contributed by atoms with E-state index in [2.05, 4.69) is 10.2 Å². The molecule has 2 aliphatic rings. The number of Topliss-reactive ketones (excluding diaryl/α,β-unsaturated/α-hetero) is 1. The zero-order valence-corrected chi connectivity index (χ0v) is 19.5. The summed E-state index contributed by atoms with van der Waals surface area (Å²) in [6.45, 7) is 3.38. The van der Waals surface area contributed by atoms with E-state index in [9.17, 15) is 14.7 Å². The van der Waals surface area contributed by atoms with Gasteiger partial charge in [0.05, 0.1) is 13.2 Å². The molecule has 0 aromatic heterocycles. The van der Waals surface area contributed by atoms with Gasteiger partial charge in [-0.15, -0.1) is 0 Å². The minimum atomic E-state index is -0.919. The van der Waals surface area contributed by atoms with Crippen molar-refractivity contribution in [3.8, 4) is 17.2 Å². The molecule has 8 heteroatoms. The van der Waals surface area contributed by atoms with Gasteiger partial charge < -0.3 is 29.5 Å². The summed E-state index contributed by atoms with van der Waals surface area (Å²) in [5.41, 5.74) is 1.20. The number of nitrogens with zero attached hydrogens (tertiary/aromatic N) is 1. The first-order chi connectivity index (χ1) is 16.5. The highest BCUT2D eigenvalue weighted by molar-refractivity contribution is 5.98. The smallest absolute Gasteiger partial charge is 0.220 e. The zero-order chi connectivity index (χ0) is 23.9. The Kier molecular flexibility index (Phi) is 8.03. The number of carbonyl (C=O) groups excluding carboxylic acids is 2. The first kappa shape index (κ1) is 24.0. The number of carbonyl (C=O) groups is 2. The molecule has 0 bridgehead atoms. The molecule has 182 valence electrons. The molecular weight excluding hydrogens is 436 g/mol. The topological polar surface area (TPSA) is 97.3 Å². The van der Waals surface area contributed by atoms with Gasteiger partial charge in [-0.2, -0.15) is 0 Å². The van der Waals surface area contributed by atoms with Crippen molar-refractivity contribution >= 4 is 11.7 Å². The van der Waals surface area contributed by atoms with Crippen molar-refractivity contribution in [1.82, 2.24) is 10.2 Å². The fourth-order valence-corrected chi connectivity index (χ4v) is 4.37. The molecule has 0 spiro atoms. The predicted octanol–water partition coefficient (Wildman–Crippen LogP) is 2.74. The number of ketones is 1. The quantitative estimate of drug-likeness (QED) is 0.518. The minimum Gasteiger partial charge on any atom is -0.497 e. The molecule has 2 heterocycles. The first-order valence-corrected chi connectivity index (χ1v) is 11.8. The number of aliphatic hydroxyl groups is 1. The van der Waals surface area contributed by atoms with E-state index >= 15 is 0 Å². The fourth-order valence-electron chi connectivity index (χ4n) is 4.37. The van der Waals surface area contributed by atoms with Gasteiger partial charge in [-0.3, -0.25) is 9.59 Å². The molecule has 0 saturated carbocycles. The second-order valence-electron chi connectivity index (χ2n) is 8.68. The Labute approximate surface area is 199 Å². The van der Waals surface area contributed by atoms with Crippen LogP contribution < -0.4 is 19.5 Å². The van der Waals surface area contributed by atoms with Gasteiger partial charge in [-0.25, -0.2) is 0 Å². The van der Waals surface area contributed by atoms with Gasteiger partial charge in [0.15, 0.2) is 17.3 Å². The van der Waals surface area contributed by atoms with E-state index in [1.807, 2.05) is 0 Å². The molecule has 0 radical (unpaired) electrons. The van der Waals surface area contributed by atoms with Crippen LogP contribution in [0, 0.1) is 0 Å². The Morgan fingerprint density at radius 2 is 1.74 bits per heavy atom. The second kappa shape index (κ2) is 11.4. The lowest BCUT2D eigenvalue weighted by Crippen LogP contribution is -2.46. The maximum atomic E-state index is 12.8. The van der Waals surface area contributed by atoms with Crippen LogP contribution in [0.1, 0.15) is 47.7 Å². The van der Waals surface area contributed by atoms with Crippen molar-refractivity contribution in [3.63, 3.8) is 0 Å². The van der Waals surface area contributed by atoms with E-state index in [4.69, 9.17) is 14.2 Å². The van der Waals surface area contributed by atoms with E-state index in [0.29, 0.717) is 48.1 Å². The zero-order valence-electron chi connectivity index (χ0n) is 19.5. The van der Waals surface area contributed by atoms with Crippen LogP contribution in [0.15, 0.2) is 42.5 Å².